The predicted molar refractivity (Wildman–Crippen MR) is 93.7 cm³/mol. The van der Waals surface area contributed by atoms with Crippen molar-refractivity contribution >= 4 is 34.6 Å². The van der Waals surface area contributed by atoms with Gasteiger partial charge in [0.15, 0.2) is 0 Å². The summed E-state index contributed by atoms with van der Waals surface area (Å²) in [5.74, 6) is 1.94. The van der Waals surface area contributed by atoms with Crippen molar-refractivity contribution in [1.82, 2.24) is 0 Å². The summed E-state index contributed by atoms with van der Waals surface area (Å²) in [7, 11) is 1.67. The number of carboxylic acids is 1. The van der Waals surface area contributed by atoms with Crippen LogP contribution in [-0.4, -0.2) is 29.7 Å². The zero-order valence-corrected chi connectivity index (χ0v) is 13.4. The number of carboxylic acid groups (broad SMARTS) is 1. The van der Waals surface area contributed by atoms with E-state index in [9.17, 15) is 4.79 Å². The molecule has 2 aromatic carbocycles. The highest BCUT2D eigenvalue weighted by Crippen LogP contribution is 2.22. The Morgan fingerprint density at radius 1 is 1.23 bits per heavy atom. The number of rotatable bonds is 8. The van der Waals surface area contributed by atoms with Crippen LogP contribution in [0.4, 0.5) is 0 Å². The third kappa shape index (κ3) is 5.11. The van der Waals surface area contributed by atoms with Crippen LogP contribution in [0.3, 0.4) is 0 Å². The van der Waals surface area contributed by atoms with Gasteiger partial charge in [0, 0.05) is 12.2 Å². The van der Waals surface area contributed by atoms with Gasteiger partial charge in [-0.2, -0.15) is 11.8 Å². The van der Waals surface area contributed by atoms with Gasteiger partial charge < -0.3 is 9.84 Å². The maximum atomic E-state index is 10.4. The summed E-state index contributed by atoms with van der Waals surface area (Å²) in [6.07, 6.45) is 5.21. The van der Waals surface area contributed by atoms with E-state index in [1.165, 1.54) is 16.3 Å². The van der Waals surface area contributed by atoms with Crippen molar-refractivity contribution in [2.75, 3.05) is 18.6 Å². The molecule has 0 aliphatic rings. The first-order valence-electron chi connectivity index (χ1n) is 7.23. The van der Waals surface area contributed by atoms with E-state index in [4.69, 9.17) is 9.84 Å². The molecule has 0 heterocycles. The van der Waals surface area contributed by atoms with E-state index < -0.39 is 5.97 Å². The summed E-state index contributed by atoms with van der Waals surface area (Å²) in [5.41, 5.74) is 1.17. The van der Waals surface area contributed by atoms with Crippen LogP contribution in [0.15, 0.2) is 42.5 Å². The zero-order valence-electron chi connectivity index (χ0n) is 12.6. The van der Waals surface area contributed by atoms with E-state index in [0.717, 1.165) is 23.7 Å². The molecule has 0 spiro atoms. The third-order valence-electron chi connectivity index (χ3n) is 3.28. The number of hydrogen-bond acceptors (Lipinski definition) is 3. The average molecular weight is 316 g/mol. The van der Waals surface area contributed by atoms with Gasteiger partial charge in [-0.05, 0) is 46.7 Å². The lowest BCUT2D eigenvalue weighted by atomic mass is 10.1. The summed E-state index contributed by atoms with van der Waals surface area (Å²) in [6.45, 7) is 0. The lowest BCUT2D eigenvalue weighted by Gasteiger charge is -2.03. The van der Waals surface area contributed by atoms with Crippen LogP contribution in [0.25, 0.3) is 16.8 Å². The first-order chi connectivity index (χ1) is 10.7. The summed E-state index contributed by atoms with van der Waals surface area (Å²) in [5, 5.41) is 10.9. The standard InChI is InChI=1S/C18H20O3S/c1-21-17-9-8-15-12-14(6-7-16(15)13-17)4-2-10-22-11-3-5-18(19)20/h2,4,6-9,12-13H,3,5,10-11H2,1H3,(H,19,20)/b4-2+. The van der Waals surface area contributed by atoms with Gasteiger partial charge in [-0.15, -0.1) is 0 Å². The lowest BCUT2D eigenvalue weighted by molar-refractivity contribution is -0.137. The van der Waals surface area contributed by atoms with Crippen LogP contribution in [0, 0.1) is 0 Å². The minimum atomic E-state index is -0.719. The van der Waals surface area contributed by atoms with Crippen molar-refractivity contribution in [3.63, 3.8) is 0 Å². The first kappa shape index (κ1) is 16.4. The molecule has 1 N–H and O–H groups in total. The van der Waals surface area contributed by atoms with Crippen molar-refractivity contribution in [1.29, 1.82) is 0 Å². The minimum absolute atomic E-state index is 0.255. The highest BCUT2D eigenvalue weighted by atomic mass is 32.2. The third-order valence-corrected chi connectivity index (χ3v) is 4.28. The van der Waals surface area contributed by atoms with Crippen LogP contribution in [0.1, 0.15) is 18.4 Å². The van der Waals surface area contributed by atoms with Gasteiger partial charge in [-0.25, -0.2) is 0 Å². The Balaban J connectivity index is 1.86. The molecule has 22 heavy (non-hydrogen) atoms. The van der Waals surface area contributed by atoms with E-state index in [0.29, 0.717) is 0 Å². The molecule has 0 saturated carbocycles. The van der Waals surface area contributed by atoms with Gasteiger partial charge in [0.2, 0.25) is 0 Å². The summed E-state index contributed by atoms with van der Waals surface area (Å²) >= 11 is 1.76. The second-order valence-electron chi connectivity index (χ2n) is 4.95. The fourth-order valence-corrected chi connectivity index (χ4v) is 2.88. The van der Waals surface area contributed by atoms with Gasteiger partial charge in [-0.1, -0.05) is 30.4 Å². The highest BCUT2D eigenvalue weighted by Gasteiger charge is 1.98. The molecule has 0 amide bonds. The van der Waals surface area contributed by atoms with E-state index in [1.807, 2.05) is 12.1 Å². The number of methoxy groups -OCH3 is 1. The lowest BCUT2D eigenvalue weighted by Crippen LogP contribution is -1.94. The first-order valence-corrected chi connectivity index (χ1v) is 8.38. The Bertz CT molecular complexity index is 664. The number of ether oxygens (including phenoxy) is 1. The van der Waals surface area contributed by atoms with Crippen LogP contribution in [-0.2, 0) is 4.79 Å². The molecule has 0 unspecified atom stereocenters. The highest BCUT2D eigenvalue weighted by molar-refractivity contribution is 7.99. The van der Waals surface area contributed by atoms with Crippen molar-refractivity contribution in [2.45, 2.75) is 12.8 Å². The number of fused-ring (bicyclic) bond motifs is 1. The summed E-state index contributed by atoms with van der Waals surface area (Å²) in [6, 6.07) is 12.4. The Hall–Kier alpha value is -1.94. The molecule has 0 bridgehead atoms. The van der Waals surface area contributed by atoms with E-state index in [-0.39, 0.29) is 6.42 Å². The van der Waals surface area contributed by atoms with E-state index in [2.05, 4.69) is 36.4 Å². The SMILES string of the molecule is COc1ccc2cc(/C=C/CSCCCC(=O)O)ccc2c1. The topological polar surface area (TPSA) is 46.5 Å². The Morgan fingerprint density at radius 3 is 2.77 bits per heavy atom. The molecular weight excluding hydrogens is 296 g/mol. The fraction of sp³-hybridized carbons (Fsp3) is 0.278. The van der Waals surface area contributed by atoms with Crippen molar-refractivity contribution in [2.24, 2.45) is 0 Å². The number of benzene rings is 2. The van der Waals surface area contributed by atoms with Crippen molar-refractivity contribution < 1.29 is 14.6 Å². The van der Waals surface area contributed by atoms with Gasteiger partial charge >= 0.3 is 5.97 Å². The largest absolute Gasteiger partial charge is 0.497 e. The molecule has 0 saturated heterocycles. The number of hydrogen-bond donors (Lipinski definition) is 1. The second kappa shape index (κ2) is 8.49. The van der Waals surface area contributed by atoms with Gasteiger partial charge in [0.05, 0.1) is 7.11 Å². The van der Waals surface area contributed by atoms with Crippen LogP contribution in [0.5, 0.6) is 5.75 Å². The smallest absolute Gasteiger partial charge is 0.303 e. The quantitative estimate of drug-likeness (QED) is 0.730. The maximum absolute atomic E-state index is 10.4. The summed E-state index contributed by atoms with van der Waals surface area (Å²) in [4.78, 5) is 10.4. The zero-order chi connectivity index (χ0) is 15.8. The molecule has 4 heteroatoms. The molecule has 0 aromatic heterocycles. The molecule has 2 rings (SSSR count). The molecule has 0 fully saturated rings. The van der Waals surface area contributed by atoms with Crippen LogP contribution in [0.2, 0.25) is 0 Å². The maximum Gasteiger partial charge on any atom is 0.303 e. The molecular formula is C18H20O3S. The normalized spacial score (nSPS) is 11.1. The number of thioether (sulfide) groups is 1. The van der Waals surface area contributed by atoms with E-state index >= 15 is 0 Å². The van der Waals surface area contributed by atoms with Gasteiger partial charge in [-0.3, -0.25) is 4.79 Å². The molecule has 2 aromatic rings. The van der Waals surface area contributed by atoms with E-state index in [1.54, 1.807) is 18.9 Å². The summed E-state index contributed by atoms with van der Waals surface area (Å²) < 4.78 is 5.23. The molecule has 0 aliphatic heterocycles. The molecule has 0 radical (unpaired) electrons. The molecule has 116 valence electrons. The molecule has 0 atom stereocenters. The van der Waals surface area contributed by atoms with Crippen LogP contribution >= 0.6 is 11.8 Å². The molecule has 0 aliphatic carbocycles. The Morgan fingerprint density at radius 2 is 2.00 bits per heavy atom. The Labute approximate surface area is 135 Å². The number of carbonyl (C=O) groups is 1. The van der Waals surface area contributed by atoms with Gasteiger partial charge in [0.1, 0.15) is 5.75 Å². The average Bonchev–Trinajstić information content (AvgIpc) is 2.53. The second-order valence-corrected chi connectivity index (χ2v) is 6.10. The van der Waals surface area contributed by atoms with Crippen LogP contribution < -0.4 is 4.74 Å². The Kier molecular flexibility index (Phi) is 6.34. The van der Waals surface area contributed by atoms with Crippen molar-refractivity contribution in [3.8, 4) is 5.75 Å². The predicted octanol–water partition coefficient (Wildman–Crippen LogP) is 4.46. The van der Waals surface area contributed by atoms with Gasteiger partial charge in [0.25, 0.3) is 0 Å². The number of aliphatic carboxylic acids is 1. The monoisotopic (exact) mass is 316 g/mol. The fourth-order valence-electron chi connectivity index (χ4n) is 2.13. The van der Waals surface area contributed by atoms with Crippen molar-refractivity contribution in [3.05, 3.63) is 48.0 Å². The minimum Gasteiger partial charge on any atom is -0.497 e. The molecule has 3 nitrogen and oxygen atoms in total.